The van der Waals surface area contributed by atoms with Gasteiger partial charge in [0.05, 0.1) is 11.7 Å². The molecule has 0 aliphatic carbocycles. The molecule has 1 aliphatic heterocycles. The van der Waals surface area contributed by atoms with Crippen molar-refractivity contribution < 1.29 is 9.32 Å². The third-order valence-corrected chi connectivity index (χ3v) is 4.98. The number of aromatic nitrogens is 4. The Hall–Kier alpha value is -2.70. The van der Waals surface area contributed by atoms with Gasteiger partial charge in [-0.15, -0.1) is 10.2 Å². The molecule has 1 atom stereocenters. The summed E-state index contributed by atoms with van der Waals surface area (Å²) in [6, 6.07) is 5.82. The number of rotatable bonds is 4. The van der Waals surface area contributed by atoms with E-state index in [0.29, 0.717) is 12.8 Å². The molecule has 7 nitrogen and oxygen atoms in total. The number of fused-ring (bicyclic) bond motifs is 1. The molecule has 3 aromatic heterocycles. The minimum Gasteiger partial charge on any atom is -0.361 e. The molecule has 4 heterocycles. The van der Waals surface area contributed by atoms with Crippen LogP contribution in [0.25, 0.3) is 5.65 Å². The van der Waals surface area contributed by atoms with Gasteiger partial charge in [-0.3, -0.25) is 9.20 Å². The van der Waals surface area contributed by atoms with Crippen LogP contribution in [-0.2, 0) is 11.2 Å². The highest BCUT2D eigenvalue weighted by molar-refractivity contribution is 5.77. The molecule has 1 fully saturated rings. The largest absolute Gasteiger partial charge is 0.361 e. The van der Waals surface area contributed by atoms with E-state index in [1.807, 2.05) is 47.5 Å². The zero-order chi connectivity index (χ0) is 17.4. The van der Waals surface area contributed by atoms with Gasteiger partial charge in [0.25, 0.3) is 0 Å². The number of likely N-dealkylation sites (tertiary alicyclic amines) is 1. The van der Waals surface area contributed by atoms with Gasteiger partial charge in [0.15, 0.2) is 11.5 Å². The average molecular weight is 339 g/mol. The van der Waals surface area contributed by atoms with Gasteiger partial charge in [-0.1, -0.05) is 11.2 Å². The molecule has 0 N–H and O–H groups in total. The van der Waals surface area contributed by atoms with E-state index in [4.69, 9.17) is 4.52 Å². The van der Waals surface area contributed by atoms with Crippen LogP contribution >= 0.6 is 0 Å². The summed E-state index contributed by atoms with van der Waals surface area (Å²) in [6.45, 7) is 4.57. The van der Waals surface area contributed by atoms with Crippen LogP contribution in [0.2, 0.25) is 0 Å². The van der Waals surface area contributed by atoms with Crippen LogP contribution in [0.1, 0.15) is 48.1 Å². The molecule has 1 aliphatic rings. The van der Waals surface area contributed by atoms with Gasteiger partial charge in [-0.25, -0.2) is 0 Å². The van der Waals surface area contributed by atoms with Crippen molar-refractivity contribution in [3.8, 4) is 0 Å². The van der Waals surface area contributed by atoms with Crippen LogP contribution in [0.15, 0.2) is 28.9 Å². The highest BCUT2D eigenvalue weighted by atomic mass is 16.5. The first-order valence-corrected chi connectivity index (χ1v) is 8.66. The number of nitrogens with zero attached hydrogens (tertiary/aromatic N) is 5. The Bertz CT molecular complexity index is 894. The highest BCUT2D eigenvalue weighted by Gasteiger charge is 2.33. The smallest absolute Gasteiger partial charge is 0.223 e. The summed E-state index contributed by atoms with van der Waals surface area (Å²) in [5, 5.41) is 12.5. The fraction of sp³-hybridized carbons (Fsp3) is 0.444. The van der Waals surface area contributed by atoms with Crippen molar-refractivity contribution in [2.75, 3.05) is 6.54 Å². The monoisotopic (exact) mass is 339 g/mol. The molecule has 1 amide bonds. The van der Waals surface area contributed by atoms with Crippen molar-refractivity contribution >= 4 is 11.6 Å². The first kappa shape index (κ1) is 15.8. The number of carbonyl (C=O) groups is 1. The maximum atomic E-state index is 12.8. The molecule has 3 aromatic rings. The molecule has 0 aromatic carbocycles. The molecule has 7 heteroatoms. The van der Waals surface area contributed by atoms with Gasteiger partial charge >= 0.3 is 0 Å². The predicted octanol–water partition coefficient (Wildman–Crippen LogP) is 2.63. The molecule has 1 saturated heterocycles. The molecule has 130 valence electrons. The van der Waals surface area contributed by atoms with E-state index < -0.39 is 0 Å². The fourth-order valence-corrected chi connectivity index (χ4v) is 3.66. The quantitative estimate of drug-likeness (QED) is 0.730. The summed E-state index contributed by atoms with van der Waals surface area (Å²) >= 11 is 0. The van der Waals surface area contributed by atoms with Crippen LogP contribution in [0.4, 0.5) is 0 Å². The van der Waals surface area contributed by atoms with Gasteiger partial charge in [-0.2, -0.15) is 0 Å². The minimum absolute atomic E-state index is 0.00503. The van der Waals surface area contributed by atoms with Gasteiger partial charge in [0.2, 0.25) is 5.91 Å². The van der Waals surface area contributed by atoms with E-state index in [-0.39, 0.29) is 11.9 Å². The van der Waals surface area contributed by atoms with E-state index in [0.717, 1.165) is 47.9 Å². The van der Waals surface area contributed by atoms with Crippen LogP contribution in [-0.4, -0.2) is 37.1 Å². The van der Waals surface area contributed by atoms with Crippen LogP contribution in [0.3, 0.4) is 0 Å². The molecule has 0 unspecified atom stereocenters. The third-order valence-electron chi connectivity index (χ3n) is 4.98. The number of amides is 1. The summed E-state index contributed by atoms with van der Waals surface area (Å²) in [5.41, 5.74) is 2.72. The summed E-state index contributed by atoms with van der Waals surface area (Å²) < 4.78 is 7.16. The Kier molecular flexibility index (Phi) is 3.99. The van der Waals surface area contributed by atoms with Gasteiger partial charge in [-0.05, 0) is 45.2 Å². The first-order chi connectivity index (χ1) is 12.1. The minimum atomic E-state index is -0.00503. The standard InChI is InChI=1S/C18H21N5O2/c1-12-14(13(2)25-21-12)8-9-17(24)22-11-5-6-15(22)18-20-19-16-7-3-4-10-23(16)18/h3-4,7,10,15H,5-6,8-9,11H2,1-2H3/t15-/m0/s1. The van der Waals surface area contributed by atoms with Crippen molar-refractivity contribution in [2.24, 2.45) is 0 Å². The van der Waals surface area contributed by atoms with E-state index in [9.17, 15) is 4.79 Å². The van der Waals surface area contributed by atoms with Gasteiger partial charge in [0, 0.05) is 24.7 Å². The van der Waals surface area contributed by atoms with E-state index in [2.05, 4.69) is 15.4 Å². The van der Waals surface area contributed by atoms with Crippen molar-refractivity contribution in [3.05, 3.63) is 47.2 Å². The topological polar surface area (TPSA) is 76.5 Å². The number of hydrogen-bond acceptors (Lipinski definition) is 5. The number of aryl methyl sites for hydroxylation is 2. The maximum absolute atomic E-state index is 12.8. The third kappa shape index (κ3) is 2.79. The van der Waals surface area contributed by atoms with Gasteiger partial charge in [0.1, 0.15) is 5.76 Å². The second-order valence-corrected chi connectivity index (χ2v) is 6.53. The lowest BCUT2D eigenvalue weighted by molar-refractivity contribution is -0.132. The zero-order valence-electron chi connectivity index (χ0n) is 14.5. The first-order valence-electron chi connectivity index (χ1n) is 8.66. The van der Waals surface area contributed by atoms with Crippen LogP contribution < -0.4 is 0 Å². The number of carbonyl (C=O) groups excluding carboxylic acids is 1. The average Bonchev–Trinajstić information content (AvgIpc) is 3.32. The van der Waals surface area contributed by atoms with Crippen LogP contribution in [0, 0.1) is 13.8 Å². The number of hydrogen-bond donors (Lipinski definition) is 0. The Morgan fingerprint density at radius 1 is 1.32 bits per heavy atom. The summed E-state index contributed by atoms with van der Waals surface area (Å²) in [6.07, 6.45) is 4.98. The molecular weight excluding hydrogens is 318 g/mol. The Morgan fingerprint density at radius 3 is 3.00 bits per heavy atom. The van der Waals surface area contributed by atoms with Crippen LogP contribution in [0.5, 0.6) is 0 Å². The molecule has 0 bridgehead atoms. The van der Waals surface area contributed by atoms with Crippen molar-refractivity contribution in [1.29, 1.82) is 0 Å². The second kappa shape index (κ2) is 6.31. The highest BCUT2D eigenvalue weighted by Crippen LogP contribution is 2.32. The molecule has 0 radical (unpaired) electrons. The predicted molar refractivity (Wildman–Crippen MR) is 91.0 cm³/mol. The normalized spacial score (nSPS) is 17.5. The number of pyridine rings is 1. The summed E-state index contributed by atoms with van der Waals surface area (Å²) in [4.78, 5) is 14.8. The molecule has 4 rings (SSSR count). The SMILES string of the molecule is Cc1noc(C)c1CCC(=O)N1CCC[C@H]1c1nnc2ccccn12. The second-order valence-electron chi connectivity index (χ2n) is 6.53. The summed E-state index contributed by atoms with van der Waals surface area (Å²) in [5.74, 6) is 1.79. The zero-order valence-corrected chi connectivity index (χ0v) is 14.5. The molecule has 0 saturated carbocycles. The lowest BCUT2D eigenvalue weighted by Crippen LogP contribution is -2.31. The fourth-order valence-electron chi connectivity index (χ4n) is 3.66. The summed E-state index contributed by atoms with van der Waals surface area (Å²) in [7, 11) is 0. The van der Waals surface area contributed by atoms with Gasteiger partial charge < -0.3 is 9.42 Å². The Balaban J connectivity index is 1.52. The van der Waals surface area contributed by atoms with Crippen molar-refractivity contribution in [3.63, 3.8) is 0 Å². The molecular formula is C18H21N5O2. The van der Waals surface area contributed by atoms with E-state index >= 15 is 0 Å². The maximum Gasteiger partial charge on any atom is 0.223 e. The Labute approximate surface area is 145 Å². The lowest BCUT2D eigenvalue weighted by Gasteiger charge is -2.23. The molecule has 0 spiro atoms. The Morgan fingerprint density at radius 2 is 2.20 bits per heavy atom. The van der Waals surface area contributed by atoms with E-state index in [1.165, 1.54) is 0 Å². The molecule has 25 heavy (non-hydrogen) atoms. The van der Waals surface area contributed by atoms with Crippen molar-refractivity contribution in [1.82, 2.24) is 24.7 Å². The van der Waals surface area contributed by atoms with Crippen molar-refractivity contribution in [2.45, 2.75) is 45.6 Å². The lowest BCUT2D eigenvalue weighted by atomic mass is 10.1. The van der Waals surface area contributed by atoms with E-state index in [1.54, 1.807) is 0 Å².